The second-order valence-corrected chi connectivity index (χ2v) is 24.0. The number of aliphatic hydroxyl groups is 2. The summed E-state index contributed by atoms with van der Waals surface area (Å²) in [5, 5.41) is 60.0. The summed E-state index contributed by atoms with van der Waals surface area (Å²) in [7, 11) is 2.17. The van der Waals surface area contributed by atoms with Crippen LogP contribution in [-0.2, 0) is 14.3 Å². The maximum Gasteiger partial charge on any atom is 0.360 e. The summed E-state index contributed by atoms with van der Waals surface area (Å²) in [5.41, 5.74) is 30.0. The molecule has 9 heterocycles. The van der Waals surface area contributed by atoms with Gasteiger partial charge in [0.25, 0.3) is 0 Å². The van der Waals surface area contributed by atoms with E-state index in [9.17, 15) is 24.4 Å². The SMILES string of the molecule is CB(O)n1c(-c2nc(Br)cnc2B=NC#CO)nc2ccc(C)cc21.CB(O)n1c(-c2nc(NC(=O)CC#N)cnc2B=NC#CO)nc2ccc(C)cc21.COC(=O)c1nccnc1N.Cc1ccc2nc(-c3nc(Br)cnc3N)[nH]c2c1.Cc1ccc2nc(-c3nc(NC(=O)CC#N)cnc3N)[nH]c2c1. The number of ether oxygens (including phenoxy) is 1. The van der Waals surface area contributed by atoms with Crippen LogP contribution >= 0.6 is 31.9 Å². The average Bonchev–Trinajstić information content (AvgIpc) is 1.63. The molecule has 14 N–H and O–H groups in total. The number of nitrogens with zero attached hydrogens (tertiary/aromatic N) is 20. The van der Waals surface area contributed by atoms with Crippen LogP contribution in [0.5, 0.6) is 0 Å². The van der Waals surface area contributed by atoms with Crippen molar-refractivity contribution in [3.63, 3.8) is 0 Å². The molecular weight excluding hydrogens is 1500 g/mol. The standard InChI is InChI=1S/C18H15B2N7O3.C15H12B2BrN5O2.C15H13N7O.C12H10BrN5.C6H7N3O2/c1-11-3-4-12-13(9-11)27(20(2)30)18(24-12)16-17(19-23-7-8-28)22-10-14(26-16)25-15(29)5-6-21;1-9-3-4-10-11(7-9)23(17(2)25)15(21-10)13-14(16-20-5-6-24)19-8-12(18)22-13;1-8-2-3-9-10(6-8)20-15(19-9)13-14(17)18-7-11(22-13)21-12(23)4-5-16;1-6-2-3-7-8(4-6)17-12(16-7)10-11(14)15-5-9(13)18-10;1-11-6(10)4-5(7)9-3-2-8-4/h3-4,9-10,28,30H,5H2,1-2H3,(H,25,26,29);3-4,7-8,24-25H,1-2H3;2-3,6-7H,4H2,1H3,(H2,17,18)(H,19,20)(H,21,22,23);2-5H,1H3,(H2,14,15)(H,16,17);2-3H,1H3,(H2,7,9). The number of carbonyl (C=O) groups excluding carboxylic acids is 3. The van der Waals surface area contributed by atoms with Crippen molar-refractivity contribution in [2.24, 2.45) is 9.79 Å². The van der Waals surface area contributed by atoms with Crippen LogP contribution in [0.25, 0.3) is 90.2 Å². The third-order valence-electron chi connectivity index (χ3n) is 14.5. The number of nitrogen functional groups attached to an aromatic ring is 3. The summed E-state index contributed by atoms with van der Waals surface area (Å²) in [5.74, 6) is 1.23. The number of hydrogen-bond donors (Lipinski definition) is 11. The summed E-state index contributed by atoms with van der Waals surface area (Å²) >= 11 is 6.59. The number of amides is 2. The second-order valence-electron chi connectivity index (χ2n) is 22.4. The molecule has 2 amide bonds. The first-order valence-electron chi connectivity index (χ1n) is 31.3. The van der Waals surface area contributed by atoms with Gasteiger partial charge in [0, 0.05) is 12.4 Å². The molecule has 0 spiro atoms. The van der Waals surface area contributed by atoms with Crippen molar-refractivity contribution >= 4 is 162 Å². The van der Waals surface area contributed by atoms with Gasteiger partial charge in [-0.1, -0.05) is 12.1 Å². The zero-order chi connectivity index (χ0) is 77.0. The van der Waals surface area contributed by atoms with E-state index in [1.165, 1.54) is 57.8 Å². The smallest absolute Gasteiger partial charge is 0.360 e. The van der Waals surface area contributed by atoms with Crippen LogP contribution in [0.2, 0.25) is 13.6 Å². The average molecular weight is 1560 g/mol. The number of aliphatic hydroxyl groups excluding tert-OH is 2. The van der Waals surface area contributed by atoms with E-state index in [0.29, 0.717) is 72.0 Å². The number of imidazole rings is 4. The number of aromatic nitrogens is 18. The number of hydrogen-bond acceptors (Lipinski definition) is 29. The normalized spacial score (nSPS) is 10.4. The number of benzene rings is 4. The Bertz CT molecular complexity index is 5820. The molecule has 0 fully saturated rings. The first-order valence-corrected chi connectivity index (χ1v) is 32.9. The number of anilines is 5. The molecule has 41 heteroatoms. The Labute approximate surface area is 625 Å². The van der Waals surface area contributed by atoms with Crippen molar-refractivity contribution in [3.05, 3.63) is 147 Å². The maximum atomic E-state index is 11.8. The van der Waals surface area contributed by atoms with Crippen LogP contribution in [0.15, 0.2) is 129 Å². The minimum atomic E-state index is -0.938. The summed E-state index contributed by atoms with van der Waals surface area (Å²) in [6.45, 7) is 11.2. The third-order valence-corrected chi connectivity index (χ3v) is 15.2. The monoisotopic (exact) mass is 1560 g/mol. The number of aromatic amines is 2. The van der Waals surface area contributed by atoms with Gasteiger partial charge in [0.15, 0.2) is 46.3 Å². The molecule has 4 aromatic carbocycles. The van der Waals surface area contributed by atoms with Gasteiger partial charge in [-0.3, -0.25) is 4.79 Å². The minimum absolute atomic E-state index is 0.0509. The van der Waals surface area contributed by atoms with Gasteiger partial charge < -0.3 is 37.2 Å². The Morgan fingerprint density at radius 2 is 0.953 bits per heavy atom. The first kappa shape index (κ1) is 77.6. The molecule has 9 aromatic heterocycles. The van der Waals surface area contributed by atoms with E-state index in [1.54, 1.807) is 53.2 Å². The fraction of sp³-hybridized carbons (Fsp3) is 0.136. The predicted octanol–water partition coefficient (Wildman–Crippen LogP) is 6.02. The Morgan fingerprint density at radius 3 is 1.41 bits per heavy atom. The van der Waals surface area contributed by atoms with Gasteiger partial charge in [-0.15, -0.1) is 0 Å². The molecule has 35 nitrogen and oxygen atoms in total. The quantitative estimate of drug-likeness (QED) is 0.0357. The number of esters is 1. The minimum Gasteiger partial charge on any atom is -0.464 e. The van der Waals surface area contributed by atoms with Gasteiger partial charge in [0.2, 0.25) is 5.91 Å². The van der Waals surface area contributed by atoms with Crippen LogP contribution in [0, 0.1) is 74.7 Å². The molecule has 0 aliphatic heterocycles. The van der Waals surface area contributed by atoms with E-state index in [1.807, 2.05) is 100 Å². The summed E-state index contributed by atoms with van der Waals surface area (Å²) < 4.78 is 8.82. The molecule has 530 valence electrons. The zero-order valence-corrected chi connectivity index (χ0v) is 60.6. The molecular formula is C66H57B4Br2N27O8. The van der Waals surface area contributed by atoms with Crippen LogP contribution in [0.1, 0.15) is 45.6 Å². The summed E-state index contributed by atoms with van der Waals surface area (Å²) in [6, 6.07) is 31.1. The molecule has 0 bridgehead atoms. The molecule has 0 saturated carbocycles. The van der Waals surface area contributed by atoms with Gasteiger partial charge in [-0.2, -0.15) is 5.26 Å². The van der Waals surface area contributed by atoms with E-state index < -0.39 is 31.9 Å². The van der Waals surface area contributed by atoms with Gasteiger partial charge in [0.05, 0.1) is 47.6 Å². The van der Waals surface area contributed by atoms with Crippen molar-refractivity contribution in [2.45, 2.75) is 54.2 Å². The number of nitrogens with one attached hydrogen (secondary N) is 4. The zero-order valence-electron chi connectivity index (χ0n) is 57.5. The largest absolute Gasteiger partial charge is 0.464 e. The maximum absolute atomic E-state index is 11.8. The van der Waals surface area contributed by atoms with Crippen LogP contribution in [0.4, 0.5) is 29.1 Å². The van der Waals surface area contributed by atoms with E-state index in [-0.39, 0.29) is 53.1 Å². The molecule has 0 atom stereocenters. The number of H-pyrrole nitrogens is 2. The van der Waals surface area contributed by atoms with E-state index in [4.69, 9.17) is 37.9 Å². The summed E-state index contributed by atoms with van der Waals surface area (Å²) in [6.07, 6.45) is 11.3. The summed E-state index contributed by atoms with van der Waals surface area (Å²) in [4.78, 5) is 107. The fourth-order valence-electron chi connectivity index (χ4n) is 9.87. The van der Waals surface area contributed by atoms with Crippen molar-refractivity contribution in [1.82, 2.24) is 88.7 Å². The Morgan fingerprint density at radius 1 is 0.551 bits per heavy atom. The molecule has 0 unspecified atom stereocenters. The van der Waals surface area contributed by atoms with Crippen LogP contribution < -0.4 is 39.0 Å². The van der Waals surface area contributed by atoms with Crippen molar-refractivity contribution in [2.75, 3.05) is 34.9 Å². The molecule has 0 saturated heterocycles. The first-order chi connectivity index (χ1) is 51.4. The molecule has 0 aliphatic rings. The topological polar surface area (TPSA) is 538 Å². The van der Waals surface area contributed by atoms with E-state index >= 15 is 0 Å². The predicted molar refractivity (Wildman–Crippen MR) is 408 cm³/mol. The number of carbonyl (C=O) groups is 3. The van der Waals surface area contributed by atoms with Gasteiger partial charge >= 0.3 is 331 Å². The molecule has 0 aliphatic carbocycles. The van der Waals surface area contributed by atoms with Gasteiger partial charge in [-0.05, 0) is 65.2 Å². The van der Waals surface area contributed by atoms with Crippen LogP contribution in [0.3, 0.4) is 0 Å². The third kappa shape index (κ3) is 19.8. The van der Waals surface area contributed by atoms with Crippen LogP contribution in [-0.4, -0.2) is 162 Å². The van der Waals surface area contributed by atoms with Crippen molar-refractivity contribution < 1.29 is 39.4 Å². The Kier molecular flexibility index (Phi) is 26.1. The molecule has 13 aromatic rings. The number of nitrogens with two attached hydrogens (primary N) is 3. The van der Waals surface area contributed by atoms with Gasteiger partial charge in [0.1, 0.15) is 16.7 Å². The Balaban J connectivity index is 0.000000159. The van der Waals surface area contributed by atoms with Crippen molar-refractivity contribution in [3.8, 4) is 82.5 Å². The number of nitriles is 2. The number of fused-ring (bicyclic) bond motifs is 4. The second kappa shape index (κ2) is 36.0. The fourth-order valence-corrected chi connectivity index (χ4v) is 10.4. The van der Waals surface area contributed by atoms with E-state index in [2.05, 4.69) is 149 Å². The number of rotatable bonds is 13. The molecule has 107 heavy (non-hydrogen) atoms. The molecule has 0 radical (unpaired) electrons. The molecule has 13 rings (SSSR count). The van der Waals surface area contributed by atoms with E-state index in [0.717, 1.165) is 49.8 Å². The van der Waals surface area contributed by atoms with Crippen molar-refractivity contribution in [1.29, 1.82) is 10.5 Å². The number of methoxy groups -OCH3 is 1. The van der Waals surface area contributed by atoms with Gasteiger partial charge in [-0.25, -0.2) is 44.7 Å². The Hall–Kier alpha value is -13.6. The number of aryl methyl sites for hydroxylation is 4. The number of halogens is 2.